The monoisotopic (exact) mass is 418 g/mol. The largest absolute Gasteiger partial charge is 0.493 e. The second kappa shape index (κ2) is 9.47. The molecule has 1 atom stereocenters. The molecule has 7 nitrogen and oxygen atoms in total. The van der Waals surface area contributed by atoms with Crippen molar-refractivity contribution in [3.63, 3.8) is 0 Å². The second-order valence-electron chi connectivity index (χ2n) is 7.47. The first-order chi connectivity index (χ1) is 15.2. The van der Waals surface area contributed by atoms with Gasteiger partial charge in [-0.3, -0.25) is 4.79 Å². The Morgan fingerprint density at radius 2 is 1.84 bits per heavy atom. The Morgan fingerprint density at radius 1 is 1.03 bits per heavy atom. The van der Waals surface area contributed by atoms with Gasteiger partial charge >= 0.3 is 0 Å². The third-order valence-electron chi connectivity index (χ3n) is 5.49. The first-order valence-corrected chi connectivity index (χ1v) is 10.3. The van der Waals surface area contributed by atoms with Crippen LogP contribution in [0, 0.1) is 5.92 Å². The van der Waals surface area contributed by atoms with Gasteiger partial charge in [-0.05, 0) is 25.0 Å². The summed E-state index contributed by atoms with van der Waals surface area (Å²) in [6, 6.07) is 17.4. The number of carbonyl (C=O) groups is 1. The molecule has 0 spiro atoms. The van der Waals surface area contributed by atoms with Gasteiger partial charge in [-0.15, -0.1) is 0 Å². The number of methoxy groups -OCH3 is 2. The van der Waals surface area contributed by atoms with Crippen molar-refractivity contribution in [1.29, 1.82) is 0 Å². The highest BCUT2D eigenvalue weighted by Crippen LogP contribution is 2.31. The number of piperidine rings is 1. The first-order valence-electron chi connectivity index (χ1n) is 10.3. The average molecular weight is 418 g/mol. The van der Waals surface area contributed by atoms with Gasteiger partial charge in [0.2, 0.25) is 5.91 Å². The molecule has 0 saturated carbocycles. The number of aromatic nitrogens is 2. The third-order valence-corrected chi connectivity index (χ3v) is 5.49. The number of hydrogen-bond acceptors (Lipinski definition) is 6. The van der Waals surface area contributed by atoms with E-state index in [4.69, 9.17) is 9.47 Å². The van der Waals surface area contributed by atoms with Crippen LogP contribution in [-0.2, 0) is 4.79 Å². The van der Waals surface area contributed by atoms with Crippen LogP contribution in [0.4, 0.5) is 11.5 Å². The normalized spacial score (nSPS) is 15.9. The maximum absolute atomic E-state index is 12.9. The molecule has 160 valence electrons. The zero-order valence-electron chi connectivity index (χ0n) is 17.7. The molecule has 0 radical (unpaired) electrons. The van der Waals surface area contributed by atoms with Gasteiger partial charge in [-0.2, -0.15) is 0 Å². The maximum Gasteiger partial charge on any atom is 0.229 e. The first kappa shape index (κ1) is 20.7. The quantitative estimate of drug-likeness (QED) is 0.652. The summed E-state index contributed by atoms with van der Waals surface area (Å²) in [6.45, 7) is 1.48. The van der Waals surface area contributed by atoms with Crippen LogP contribution < -0.4 is 19.7 Å². The molecule has 0 bridgehead atoms. The molecule has 2 aromatic carbocycles. The number of amides is 1. The molecule has 1 unspecified atom stereocenters. The Hall–Kier alpha value is -3.61. The van der Waals surface area contributed by atoms with Crippen molar-refractivity contribution in [2.45, 2.75) is 12.8 Å². The molecule has 0 aliphatic carbocycles. The summed E-state index contributed by atoms with van der Waals surface area (Å²) < 4.78 is 10.6. The van der Waals surface area contributed by atoms with E-state index in [1.165, 1.54) is 0 Å². The molecular formula is C24H26N4O3. The summed E-state index contributed by atoms with van der Waals surface area (Å²) in [5.74, 6) is 1.92. The lowest BCUT2D eigenvalue weighted by Gasteiger charge is -2.33. The van der Waals surface area contributed by atoms with Crippen LogP contribution in [-0.4, -0.2) is 43.2 Å². The van der Waals surface area contributed by atoms with Crippen molar-refractivity contribution in [3.8, 4) is 22.8 Å². The van der Waals surface area contributed by atoms with Crippen molar-refractivity contribution in [1.82, 2.24) is 9.97 Å². The van der Waals surface area contributed by atoms with E-state index in [0.717, 1.165) is 36.5 Å². The number of rotatable bonds is 6. The van der Waals surface area contributed by atoms with Gasteiger partial charge in [0.25, 0.3) is 0 Å². The van der Waals surface area contributed by atoms with Crippen molar-refractivity contribution in [3.05, 3.63) is 60.9 Å². The smallest absolute Gasteiger partial charge is 0.229 e. The summed E-state index contributed by atoms with van der Waals surface area (Å²) >= 11 is 0. The Labute approximate surface area is 182 Å². The van der Waals surface area contributed by atoms with E-state index < -0.39 is 0 Å². The number of hydrogen-bond donors (Lipinski definition) is 1. The molecule has 31 heavy (non-hydrogen) atoms. The van der Waals surface area contributed by atoms with Crippen molar-refractivity contribution >= 4 is 17.4 Å². The van der Waals surface area contributed by atoms with Gasteiger partial charge in [0.15, 0.2) is 11.5 Å². The molecule has 1 fully saturated rings. The molecule has 3 aromatic rings. The minimum absolute atomic E-state index is 0.00532. The van der Waals surface area contributed by atoms with Crippen LogP contribution in [0.5, 0.6) is 11.5 Å². The Bertz CT molecular complexity index is 1040. The molecule has 2 heterocycles. The summed E-state index contributed by atoms with van der Waals surface area (Å²) in [4.78, 5) is 24.0. The summed E-state index contributed by atoms with van der Waals surface area (Å²) in [6.07, 6.45) is 3.35. The van der Waals surface area contributed by atoms with Gasteiger partial charge in [0.05, 0.1) is 25.8 Å². The summed E-state index contributed by atoms with van der Waals surface area (Å²) in [7, 11) is 3.16. The van der Waals surface area contributed by atoms with Crippen LogP contribution in [0.25, 0.3) is 11.3 Å². The molecule has 1 saturated heterocycles. The fourth-order valence-corrected chi connectivity index (χ4v) is 3.84. The van der Waals surface area contributed by atoms with Crippen LogP contribution in [0.2, 0.25) is 0 Å². The van der Waals surface area contributed by atoms with E-state index in [1.54, 1.807) is 32.7 Å². The minimum atomic E-state index is -0.128. The topological polar surface area (TPSA) is 76.6 Å². The van der Waals surface area contributed by atoms with E-state index in [9.17, 15) is 4.79 Å². The summed E-state index contributed by atoms with van der Waals surface area (Å²) in [5, 5.41) is 3.01. The van der Waals surface area contributed by atoms with Gasteiger partial charge < -0.3 is 19.7 Å². The fourth-order valence-electron chi connectivity index (χ4n) is 3.84. The lowest BCUT2D eigenvalue weighted by molar-refractivity contribution is -0.120. The molecule has 1 aliphatic rings. The van der Waals surface area contributed by atoms with E-state index in [0.29, 0.717) is 23.7 Å². The zero-order chi connectivity index (χ0) is 21.6. The molecule has 1 aliphatic heterocycles. The van der Waals surface area contributed by atoms with E-state index >= 15 is 0 Å². The highest BCUT2D eigenvalue weighted by molar-refractivity contribution is 5.93. The molecule has 1 aromatic heterocycles. The zero-order valence-corrected chi connectivity index (χ0v) is 17.7. The number of carbonyl (C=O) groups excluding carboxylic acids is 1. The number of benzene rings is 2. The molecule has 7 heteroatoms. The molecule has 1 N–H and O–H groups in total. The number of ether oxygens (including phenoxy) is 2. The Kier molecular flexibility index (Phi) is 6.31. The third kappa shape index (κ3) is 4.77. The fraction of sp³-hybridized carbons (Fsp3) is 0.292. The van der Waals surface area contributed by atoms with Crippen molar-refractivity contribution in [2.24, 2.45) is 5.92 Å². The SMILES string of the molecule is COc1ccc(NC(=O)C2CCCN(c3cc(-c4ccccc4)ncn3)C2)cc1OC. The highest BCUT2D eigenvalue weighted by atomic mass is 16.5. The average Bonchev–Trinajstić information content (AvgIpc) is 2.84. The summed E-state index contributed by atoms with van der Waals surface area (Å²) in [5.41, 5.74) is 2.61. The highest BCUT2D eigenvalue weighted by Gasteiger charge is 2.27. The number of nitrogens with one attached hydrogen (secondary N) is 1. The molecular weight excluding hydrogens is 392 g/mol. The van der Waals surface area contributed by atoms with Crippen LogP contribution >= 0.6 is 0 Å². The van der Waals surface area contributed by atoms with E-state index in [-0.39, 0.29) is 11.8 Å². The van der Waals surface area contributed by atoms with Gasteiger partial charge in [-0.1, -0.05) is 30.3 Å². The van der Waals surface area contributed by atoms with Gasteiger partial charge in [-0.25, -0.2) is 9.97 Å². The lowest BCUT2D eigenvalue weighted by atomic mass is 9.97. The van der Waals surface area contributed by atoms with Crippen molar-refractivity contribution in [2.75, 3.05) is 37.5 Å². The lowest BCUT2D eigenvalue weighted by Crippen LogP contribution is -2.41. The predicted molar refractivity (Wildman–Crippen MR) is 121 cm³/mol. The van der Waals surface area contributed by atoms with E-state index in [2.05, 4.69) is 20.2 Å². The second-order valence-corrected chi connectivity index (χ2v) is 7.47. The van der Waals surface area contributed by atoms with Gasteiger partial charge in [0.1, 0.15) is 12.1 Å². The van der Waals surface area contributed by atoms with Crippen LogP contribution in [0.3, 0.4) is 0 Å². The number of nitrogens with zero attached hydrogens (tertiary/aromatic N) is 3. The van der Waals surface area contributed by atoms with Crippen molar-refractivity contribution < 1.29 is 14.3 Å². The standard InChI is InChI=1S/C24H26N4O3/c1-30-21-11-10-19(13-22(21)31-2)27-24(29)18-9-6-12-28(15-18)23-14-20(25-16-26-23)17-7-4-3-5-8-17/h3-5,7-8,10-11,13-14,16,18H,6,9,12,15H2,1-2H3,(H,27,29). The van der Waals surface area contributed by atoms with Crippen LogP contribution in [0.1, 0.15) is 12.8 Å². The maximum atomic E-state index is 12.9. The molecule has 4 rings (SSSR count). The van der Waals surface area contributed by atoms with Crippen LogP contribution in [0.15, 0.2) is 60.9 Å². The Morgan fingerprint density at radius 3 is 2.61 bits per heavy atom. The van der Waals surface area contributed by atoms with E-state index in [1.807, 2.05) is 42.5 Å². The number of anilines is 2. The van der Waals surface area contributed by atoms with Gasteiger partial charge in [0, 0.05) is 36.5 Å². The Balaban J connectivity index is 1.46. The predicted octanol–water partition coefficient (Wildman–Crippen LogP) is 4.02. The minimum Gasteiger partial charge on any atom is -0.493 e. The molecule has 1 amide bonds.